The minimum atomic E-state index is -0.0401. The third kappa shape index (κ3) is 2.43. The number of halogens is 1. The van der Waals surface area contributed by atoms with Gasteiger partial charge in [0.15, 0.2) is 0 Å². The maximum absolute atomic E-state index is 9.70. The highest BCUT2D eigenvalue weighted by molar-refractivity contribution is 6.31. The third-order valence-corrected chi connectivity index (χ3v) is 4.63. The van der Waals surface area contributed by atoms with Gasteiger partial charge in [0.25, 0.3) is 0 Å². The Labute approximate surface area is 114 Å². The summed E-state index contributed by atoms with van der Waals surface area (Å²) in [5.74, 6) is 0.642. The summed E-state index contributed by atoms with van der Waals surface area (Å²) < 4.78 is 2.00. The fourth-order valence-corrected chi connectivity index (χ4v) is 3.01. The molecule has 1 aromatic rings. The zero-order chi connectivity index (χ0) is 13.3. The van der Waals surface area contributed by atoms with E-state index in [1.54, 1.807) is 0 Å². The summed E-state index contributed by atoms with van der Waals surface area (Å²) in [5, 5.41) is 15.1. The maximum Gasteiger partial charge on any atom is 0.0850 e. The van der Waals surface area contributed by atoms with Crippen LogP contribution >= 0.6 is 11.6 Å². The number of aliphatic hydroxyl groups excluding tert-OH is 1. The number of aryl methyl sites for hydroxylation is 2. The molecule has 0 saturated heterocycles. The number of aromatic nitrogens is 2. The molecule has 4 heteroatoms. The predicted octanol–water partition coefficient (Wildman–Crippen LogP) is 3.07. The van der Waals surface area contributed by atoms with Gasteiger partial charge in [-0.25, -0.2) is 0 Å². The van der Waals surface area contributed by atoms with Crippen LogP contribution in [0.1, 0.15) is 45.0 Å². The Morgan fingerprint density at radius 1 is 1.44 bits per heavy atom. The first-order valence-electron chi connectivity index (χ1n) is 6.90. The summed E-state index contributed by atoms with van der Waals surface area (Å²) in [5.41, 5.74) is 2.03. The zero-order valence-corrected chi connectivity index (χ0v) is 12.3. The maximum atomic E-state index is 9.70. The molecule has 18 heavy (non-hydrogen) atoms. The average Bonchev–Trinajstić information content (AvgIpc) is 3.18. The standard InChI is InChI=1S/C14H23ClN2O/c1-4-11-13(15)12(17(5-2)16-11)8-14(3,9-18)10-6-7-10/h10,18H,4-9H2,1-3H3. The van der Waals surface area contributed by atoms with Crippen LogP contribution in [0.4, 0.5) is 0 Å². The van der Waals surface area contributed by atoms with Crippen LogP contribution < -0.4 is 0 Å². The topological polar surface area (TPSA) is 38.0 Å². The molecule has 1 unspecified atom stereocenters. The van der Waals surface area contributed by atoms with E-state index in [0.29, 0.717) is 5.92 Å². The van der Waals surface area contributed by atoms with E-state index in [1.807, 2.05) is 4.68 Å². The van der Waals surface area contributed by atoms with E-state index in [-0.39, 0.29) is 12.0 Å². The molecule has 1 aliphatic rings. The van der Waals surface area contributed by atoms with Gasteiger partial charge in [-0.2, -0.15) is 5.10 Å². The van der Waals surface area contributed by atoms with Crippen molar-refractivity contribution in [2.24, 2.45) is 11.3 Å². The van der Waals surface area contributed by atoms with Crippen molar-refractivity contribution in [2.75, 3.05) is 6.61 Å². The number of hydrogen-bond acceptors (Lipinski definition) is 2. The lowest BCUT2D eigenvalue weighted by Gasteiger charge is -2.27. The van der Waals surface area contributed by atoms with Crippen LogP contribution in [0.2, 0.25) is 5.02 Å². The van der Waals surface area contributed by atoms with Gasteiger partial charge < -0.3 is 5.11 Å². The number of rotatable bonds is 6. The Kier molecular flexibility index (Phi) is 4.02. The third-order valence-electron chi connectivity index (χ3n) is 4.19. The molecule has 0 bridgehead atoms. The fraction of sp³-hybridized carbons (Fsp3) is 0.786. The van der Waals surface area contributed by atoms with Gasteiger partial charge >= 0.3 is 0 Å². The molecule has 2 rings (SSSR count). The van der Waals surface area contributed by atoms with Gasteiger partial charge in [0.1, 0.15) is 0 Å². The lowest BCUT2D eigenvalue weighted by atomic mass is 9.81. The molecule has 1 aliphatic carbocycles. The van der Waals surface area contributed by atoms with Crippen molar-refractivity contribution >= 4 is 11.6 Å². The molecule has 1 heterocycles. The smallest absolute Gasteiger partial charge is 0.0850 e. The van der Waals surface area contributed by atoms with Gasteiger partial charge in [0.2, 0.25) is 0 Å². The molecule has 0 aromatic carbocycles. The van der Waals surface area contributed by atoms with Gasteiger partial charge in [-0.05, 0) is 43.9 Å². The molecule has 0 radical (unpaired) electrons. The Hall–Kier alpha value is -0.540. The highest BCUT2D eigenvalue weighted by atomic mass is 35.5. The molecule has 3 nitrogen and oxygen atoms in total. The van der Waals surface area contributed by atoms with Crippen molar-refractivity contribution in [3.05, 3.63) is 16.4 Å². The molecular weight excluding hydrogens is 248 g/mol. The first kappa shape index (κ1) is 13.9. The highest BCUT2D eigenvalue weighted by Gasteiger charge is 2.42. The van der Waals surface area contributed by atoms with Crippen molar-refractivity contribution < 1.29 is 5.11 Å². The normalized spacial score (nSPS) is 18.9. The van der Waals surface area contributed by atoms with Crippen molar-refractivity contribution in [1.82, 2.24) is 9.78 Å². The van der Waals surface area contributed by atoms with E-state index in [0.717, 1.165) is 35.8 Å². The van der Waals surface area contributed by atoms with Crippen molar-refractivity contribution in [1.29, 1.82) is 0 Å². The summed E-state index contributed by atoms with van der Waals surface area (Å²) >= 11 is 6.43. The Morgan fingerprint density at radius 3 is 2.56 bits per heavy atom. The van der Waals surface area contributed by atoms with E-state index in [2.05, 4.69) is 25.9 Å². The molecule has 0 spiro atoms. The van der Waals surface area contributed by atoms with E-state index >= 15 is 0 Å². The lowest BCUT2D eigenvalue weighted by molar-refractivity contribution is 0.117. The fourth-order valence-electron chi connectivity index (χ4n) is 2.68. The van der Waals surface area contributed by atoms with Gasteiger partial charge in [0.05, 0.1) is 16.4 Å². The molecule has 1 fully saturated rings. The first-order chi connectivity index (χ1) is 8.55. The molecule has 1 aromatic heterocycles. The molecule has 1 N–H and O–H groups in total. The summed E-state index contributed by atoms with van der Waals surface area (Å²) in [6, 6.07) is 0. The van der Waals surface area contributed by atoms with Crippen molar-refractivity contribution in [3.8, 4) is 0 Å². The summed E-state index contributed by atoms with van der Waals surface area (Å²) in [7, 11) is 0. The van der Waals surface area contributed by atoms with Crippen LogP contribution in [0, 0.1) is 11.3 Å². The van der Waals surface area contributed by atoms with Gasteiger partial charge in [-0.1, -0.05) is 25.4 Å². The minimum absolute atomic E-state index is 0.0401. The van der Waals surface area contributed by atoms with Gasteiger partial charge in [-0.3, -0.25) is 4.68 Å². The molecule has 0 amide bonds. The molecule has 0 aliphatic heterocycles. The molecular formula is C14H23ClN2O. The first-order valence-corrected chi connectivity index (χ1v) is 7.28. The SMILES string of the molecule is CCc1nn(CC)c(CC(C)(CO)C2CC2)c1Cl. The lowest BCUT2D eigenvalue weighted by Crippen LogP contribution is -2.28. The summed E-state index contributed by atoms with van der Waals surface area (Å²) in [4.78, 5) is 0. The number of aliphatic hydroxyl groups is 1. The zero-order valence-electron chi connectivity index (χ0n) is 11.5. The quantitative estimate of drug-likeness (QED) is 0.863. The van der Waals surface area contributed by atoms with E-state index in [1.165, 1.54) is 12.8 Å². The Morgan fingerprint density at radius 2 is 2.11 bits per heavy atom. The molecule has 1 saturated carbocycles. The van der Waals surface area contributed by atoms with Crippen LogP contribution in [0.5, 0.6) is 0 Å². The van der Waals surface area contributed by atoms with Crippen molar-refractivity contribution in [2.45, 2.75) is 53.0 Å². The molecule has 102 valence electrons. The van der Waals surface area contributed by atoms with Crippen LogP contribution in [0.3, 0.4) is 0 Å². The van der Waals surface area contributed by atoms with E-state index < -0.39 is 0 Å². The second-order valence-electron chi connectivity index (χ2n) is 5.64. The van der Waals surface area contributed by atoms with Crippen LogP contribution in [-0.4, -0.2) is 21.5 Å². The van der Waals surface area contributed by atoms with Crippen molar-refractivity contribution in [3.63, 3.8) is 0 Å². The number of hydrogen-bond donors (Lipinski definition) is 1. The number of nitrogens with zero attached hydrogens (tertiary/aromatic N) is 2. The average molecular weight is 271 g/mol. The Bertz CT molecular complexity index is 426. The van der Waals surface area contributed by atoms with Crippen LogP contribution in [0.15, 0.2) is 0 Å². The van der Waals surface area contributed by atoms with Gasteiger partial charge in [-0.15, -0.1) is 0 Å². The summed E-state index contributed by atoms with van der Waals surface area (Å²) in [6.45, 7) is 7.38. The highest BCUT2D eigenvalue weighted by Crippen LogP contribution is 2.47. The second kappa shape index (κ2) is 5.22. The monoisotopic (exact) mass is 270 g/mol. The summed E-state index contributed by atoms with van der Waals surface area (Å²) in [6.07, 6.45) is 4.15. The predicted molar refractivity (Wildman–Crippen MR) is 73.9 cm³/mol. The Balaban J connectivity index is 2.29. The van der Waals surface area contributed by atoms with E-state index in [9.17, 15) is 5.11 Å². The second-order valence-corrected chi connectivity index (χ2v) is 6.02. The van der Waals surface area contributed by atoms with Crippen LogP contribution in [-0.2, 0) is 19.4 Å². The largest absolute Gasteiger partial charge is 0.396 e. The molecule has 1 atom stereocenters. The van der Waals surface area contributed by atoms with Crippen LogP contribution in [0.25, 0.3) is 0 Å². The van der Waals surface area contributed by atoms with Gasteiger partial charge in [0, 0.05) is 13.2 Å². The minimum Gasteiger partial charge on any atom is -0.396 e. The van der Waals surface area contributed by atoms with E-state index in [4.69, 9.17) is 11.6 Å².